The van der Waals surface area contributed by atoms with E-state index in [0.717, 1.165) is 22.9 Å². The molecule has 3 N–H and O–H groups in total. The van der Waals surface area contributed by atoms with E-state index in [9.17, 15) is 14.4 Å². The number of thioether (sulfide) groups is 1. The van der Waals surface area contributed by atoms with Crippen LogP contribution in [0.1, 0.15) is 54.3 Å². The molecule has 0 saturated carbocycles. The van der Waals surface area contributed by atoms with Gasteiger partial charge < -0.3 is 16.0 Å². The molecule has 0 unspecified atom stereocenters. The SMILES string of the molecule is C=CCSc1ncccc1C(=O)N1CCC(c2nc(C(=O)Nc3ccsc3C(N)=O)cs2)CC1. The fraction of sp³-hybridized carbons (Fsp3) is 0.261. The van der Waals surface area contributed by atoms with Crippen LogP contribution in [0.15, 0.2) is 52.8 Å². The van der Waals surface area contributed by atoms with Gasteiger partial charge in [-0.05, 0) is 36.4 Å². The van der Waals surface area contributed by atoms with E-state index in [1.807, 2.05) is 11.0 Å². The van der Waals surface area contributed by atoms with Gasteiger partial charge in [-0.3, -0.25) is 14.4 Å². The number of carbonyl (C=O) groups is 3. The van der Waals surface area contributed by atoms with Crippen molar-refractivity contribution >= 4 is 57.8 Å². The number of aromatic nitrogens is 2. The Kier molecular flexibility index (Phi) is 7.76. The molecule has 34 heavy (non-hydrogen) atoms. The van der Waals surface area contributed by atoms with Gasteiger partial charge in [-0.25, -0.2) is 9.97 Å². The molecule has 1 fully saturated rings. The van der Waals surface area contributed by atoms with Crippen LogP contribution < -0.4 is 11.1 Å². The van der Waals surface area contributed by atoms with E-state index in [0.29, 0.717) is 40.7 Å². The lowest BCUT2D eigenvalue weighted by atomic mass is 9.97. The summed E-state index contributed by atoms with van der Waals surface area (Å²) in [5, 5.41) is 7.72. The highest BCUT2D eigenvalue weighted by Crippen LogP contribution is 2.32. The lowest BCUT2D eigenvalue weighted by Gasteiger charge is -2.31. The number of nitrogens with one attached hydrogen (secondary N) is 1. The summed E-state index contributed by atoms with van der Waals surface area (Å²) in [4.78, 5) is 48.2. The molecule has 3 aromatic heterocycles. The van der Waals surface area contributed by atoms with Crippen molar-refractivity contribution in [1.82, 2.24) is 14.9 Å². The van der Waals surface area contributed by atoms with Crippen LogP contribution in [0, 0.1) is 0 Å². The molecule has 4 rings (SSSR count). The zero-order valence-electron chi connectivity index (χ0n) is 18.2. The highest BCUT2D eigenvalue weighted by Gasteiger charge is 2.28. The smallest absolute Gasteiger partial charge is 0.275 e. The Hall–Kier alpha value is -3.02. The summed E-state index contributed by atoms with van der Waals surface area (Å²) in [5.41, 5.74) is 6.66. The van der Waals surface area contributed by atoms with Crippen LogP contribution in [-0.4, -0.2) is 51.4 Å². The molecule has 1 saturated heterocycles. The second kappa shape index (κ2) is 10.9. The number of primary amides is 1. The van der Waals surface area contributed by atoms with Gasteiger partial charge in [0.25, 0.3) is 17.7 Å². The number of thiophene rings is 1. The molecule has 176 valence electrons. The zero-order valence-corrected chi connectivity index (χ0v) is 20.7. The number of hydrogen-bond acceptors (Lipinski definition) is 8. The number of piperidine rings is 1. The molecular formula is C23H23N5O3S3. The molecule has 1 aliphatic rings. The molecule has 0 radical (unpaired) electrons. The van der Waals surface area contributed by atoms with Crippen LogP contribution in [-0.2, 0) is 0 Å². The molecule has 0 spiro atoms. The van der Waals surface area contributed by atoms with Crippen LogP contribution in [0.25, 0.3) is 0 Å². The van der Waals surface area contributed by atoms with Crippen molar-refractivity contribution in [3.8, 4) is 0 Å². The van der Waals surface area contributed by atoms with Crippen molar-refractivity contribution in [2.75, 3.05) is 24.2 Å². The summed E-state index contributed by atoms with van der Waals surface area (Å²) in [7, 11) is 0. The summed E-state index contributed by atoms with van der Waals surface area (Å²) in [6, 6.07) is 5.24. The highest BCUT2D eigenvalue weighted by molar-refractivity contribution is 7.99. The van der Waals surface area contributed by atoms with E-state index in [1.165, 1.54) is 34.4 Å². The van der Waals surface area contributed by atoms with Crippen LogP contribution in [0.3, 0.4) is 0 Å². The third kappa shape index (κ3) is 5.37. The maximum absolute atomic E-state index is 13.1. The lowest BCUT2D eigenvalue weighted by Crippen LogP contribution is -2.38. The van der Waals surface area contributed by atoms with Crippen LogP contribution in [0.2, 0.25) is 0 Å². The Balaban J connectivity index is 1.37. The fourth-order valence-electron chi connectivity index (χ4n) is 3.67. The van der Waals surface area contributed by atoms with Crippen molar-refractivity contribution in [1.29, 1.82) is 0 Å². The summed E-state index contributed by atoms with van der Waals surface area (Å²) in [6.07, 6.45) is 5.02. The Morgan fingerprint density at radius 3 is 2.79 bits per heavy atom. The van der Waals surface area contributed by atoms with E-state index < -0.39 is 5.91 Å². The first-order valence-corrected chi connectivity index (χ1v) is 13.3. The third-order valence-electron chi connectivity index (χ3n) is 5.36. The Morgan fingerprint density at radius 2 is 2.06 bits per heavy atom. The molecule has 3 amide bonds. The minimum atomic E-state index is -0.580. The maximum atomic E-state index is 13.1. The molecule has 0 aromatic carbocycles. The number of amides is 3. The number of nitrogens with zero attached hydrogens (tertiary/aromatic N) is 3. The standard InChI is InChI=1S/C23H23N5O3S3/c1-2-11-33-22-15(4-3-8-25-22)23(31)28-9-5-14(6-10-28)21-27-17(13-34-21)20(30)26-16-7-12-32-18(16)19(24)29/h2-4,7-8,12-14H,1,5-6,9-11H2,(H2,24,29)(H,26,30). The second-order valence-electron chi connectivity index (χ2n) is 7.58. The predicted octanol–water partition coefficient (Wildman–Crippen LogP) is 4.25. The van der Waals surface area contributed by atoms with Crippen LogP contribution in [0.4, 0.5) is 5.69 Å². The van der Waals surface area contributed by atoms with Gasteiger partial charge in [-0.1, -0.05) is 6.08 Å². The molecule has 1 aliphatic heterocycles. The summed E-state index contributed by atoms with van der Waals surface area (Å²) in [6.45, 7) is 4.95. The van der Waals surface area contributed by atoms with Gasteiger partial charge in [0.15, 0.2) is 0 Å². The van der Waals surface area contributed by atoms with Gasteiger partial charge in [0.05, 0.1) is 16.3 Å². The number of rotatable bonds is 8. The second-order valence-corrected chi connectivity index (χ2v) is 10.4. The first-order valence-electron chi connectivity index (χ1n) is 10.6. The summed E-state index contributed by atoms with van der Waals surface area (Å²) >= 11 is 4.12. The fourth-order valence-corrected chi connectivity index (χ4v) is 6.07. The third-order valence-corrected chi connectivity index (χ3v) is 8.30. The topological polar surface area (TPSA) is 118 Å². The number of hydrogen-bond donors (Lipinski definition) is 2. The first-order chi connectivity index (χ1) is 16.5. The molecule has 4 heterocycles. The minimum absolute atomic E-state index is 0.0154. The average Bonchev–Trinajstić information content (AvgIpc) is 3.53. The minimum Gasteiger partial charge on any atom is -0.365 e. The summed E-state index contributed by atoms with van der Waals surface area (Å²) < 4.78 is 0. The van der Waals surface area contributed by atoms with Gasteiger partial charge in [-0.15, -0.1) is 41.0 Å². The quantitative estimate of drug-likeness (QED) is 0.343. The van der Waals surface area contributed by atoms with Gasteiger partial charge in [0, 0.05) is 36.3 Å². The molecule has 11 heteroatoms. The van der Waals surface area contributed by atoms with Crippen molar-refractivity contribution in [2.45, 2.75) is 23.8 Å². The molecule has 8 nitrogen and oxygen atoms in total. The molecule has 0 bridgehead atoms. The van der Waals surface area contributed by atoms with E-state index in [2.05, 4.69) is 21.9 Å². The van der Waals surface area contributed by atoms with E-state index in [1.54, 1.807) is 35.2 Å². The van der Waals surface area contributed by atoms with Crippen LogP contribution in [0.5, 0.6) is 0 Å². The van der Waals surface area contributed by atoms with Gasteiger partial charge in [0.1, 0.15) is 15.6 Å². The van der Waals surface area contributed by atoms with Crippen molar-refractivity contribution < 1.29 is 14.4 Å². The number of likely N-dealkylation sites (tertiary alicyclic amines) is 1. The average molecular weight is 514 g/mol. The van der Waals surface area contributed by atoms with Gasteiger partial charge in [0.2, 0.25) is 0 Å². The molecule has 0 aliphatic carbocycles. The Morgan fingerprint density at radius 1 is 1.26 bits per heavy atom. The van der Waals surface area contributed by atoms with E-state index in [-0.39, 0.29) is 17.7 Å². The maximum Gasteiger partial charge on any atom is 0.275 e. The van der Waals surface area contributed by atoms with E-state index >= 15 is 0 Å². The zero-order chi connectivity index (χ0) is 24.1. The number of carbonyl (C=O) groups excluding carboxylic acids is 3. The monoisotopic (exact) mass is 513 g/mol. The largest absolute Gasteiger partial charge is 0.365 e. The first kappa shape index (κ1) is 24.1. The highest BCUT2D eigenvalue weighted by atomic mass is 32.2. The Bertz CT molecular complexity index is 1210. The normalized spacial score (nSPS) is 14.1. The van der Waals surface area contributed by atoms with Crippen molar-refractivity contribution in [3.63, 3.8) is 0 Å². The Labute approximate surface area is 209 Å². The lowest BCUT2D eigenvalue weighted by molar-refractivity contribution is 0.0708. The summed E-state index contributed by atoms with van der Waals surface area (Å²) in [5.74, 6) is -0.101. The number of pyridine rings is 1. The number of anilines is 1. The van der Waals surface area contributed by atoms with Crippen molar-refractivity contribution in [3.05, 3.63) is 69.0 Å². The number of nitrogens with two attached hydrogens (primary N) is 1. The van der Waals surface area contributed by atoms with Crippen molar-refractivity contribution in [2.24, 2.45) is 5.73 Å². The molecular weight excluding hydrogens is 490 g/mol. The predicted molar refractivity (Wildman–Crippen MR) is 136 cm³/mol. The van der Waals surface area contributed by atoms with Gasteiger partial charge in [-0.2, -0.15) is 0 Å². The molecule has 0 atom stereocenters. The number of thiazole rings is 1. The van der Waals surface area contributed by atoms with Gasteiger partial charge >= 0.3 is 0 Å². The molecule has 3 aromatic rings. The van der Waals surface area contributed by atoms with E-state index in [4.69, 9.17) is 5.73 Å². The van der Waals surface area contributed by atoms with Crippen LogP contribution >= 0.6 is 34.4 Å².